The van der Waals surface area contributed by atoms with Crippen molar-refractivity contribution >= 4 is 5.78 Å². The summed E-state index contributed by atoms with van der Waals surface area (Å²) in [4.78, 5) is 11.8. The van der Waals surface area contributed by atoms with Gasteiger partial charge < -0.3 is 5.32 Å². The topological polar surface area (TPSA) is 29.1 Å². The lowest BCUT2D eigenvalue weighted by atomic mass is 10.0. The monoisotopic (exact) mass is 423 g/mol. The maximum atomic E-state index is 11.8. The van der Waals surface area contributed by atoms with Crippen molar-refractivity contribution in [2.45, 2.75) is 162 Å². The molecule has 0 unspecified atom stereocenters. The highest BCUT2D eigenvalue weighted by atomic mass is 16.1. The van der Waals surface area contributed by atoms with Crippen LogP contribution in [0.15, 0.2) is 0 Å². The minimum absolute atomic E-state index is 0.472. The maximum absolute atomic E-state index is 11.8. The number of ketones is 1. The van der Waals surface area contributed by atoms with Gasteiger partial charge in [0, 0.05) is 12.8 Å². The van der Waals surface area contributed by atoms with Gasteiger partial charge in [0.2, 0.25) is 0 Å². The summed E-state index contributed by atoms with van der Waals surface area (Å²) in [5, 5.41) is 3.37. The summed E-state index contributed by atoms with van der Waals surface area (Å²) in [6.07, 6.45) is 30.4. The Labute approximate surface area is 190 Å². The summed E-state index contributed by atoms with van der Waals surface area (Å²) >= 11 is 0. The fourth-order valence-corrected chi connectivity index (χ4v) is 4.24. The predicted octanol–water partition coefficient (Wildman–Crippen LogP) is 9.16. The molecule has 0 aromatic heterocycles. The van der Waals surface area contributed by atoms with Crippen molar-refractivity contribution in [1.29, 1.82) is 0 Å². The van der Waals surface area contributed by atoms with E-state index in [9.17, 15) is 4.79 Å². The fraction of sp³-hybridized carbons (Fsp3) is 0.964. The van der Waals surface area contributed by atoms with Gasteiger partial charge in [-0.3, -0.25) is 4.79 Å². The van der Waals surface area contributed by atoms with Crippen molar-refractivity contribution in [2.75, 3.05) is 13.1 Å². The second-order valence-electron chi connectivity index (χ2n) is 9.51. The first-order chi connectivity index (χ1) is 14.8. The number of hydrogen-bond acceptors (Lipinski definition) is 2. The van der Waals surface area contributed by atoms with Gasteiger partial charge in [-0.2, -0.15) is 0 Å². The second-order valence-corrected chi connectivity index (χ2v) is 9.51. The number of hydrogen-bond donors (Lipinski definition) is 1. The Morgan fingerprint density at radius 3 is 1.20 bits per heavy atom. The zero-order chi connectivity index (χ0) is 22.0. The highest BCUT2D eigenvalue weighted by Crippen LogP contribution is 2.15. The Morgan fingerprint density at radius 1 is 0.433 bits per heavy atom. The molecule has 0 bridgehead atoms. The lowest BCUT2D eigenvalue weighted by Crippen LogP contribution is -2.16. The van der Waals surface area contributed by atoms with E-state index < -0.39 is 0 Å². The molecule has 0 heterocycles. The van der Waals surface area contributed by atoms with E-state index in [2.05, 4.69) is 19.2 Å². The standard InChI is InChI=1S/C28H57NO/c1-3-5-6-7-8-9-10-11-12-13-14-15-16-17-18-19-20-21-22-24-28(30)25-23-27-29-26-4-2/h29H,3-27H2,1-2H3. The van der Waals surface area contributed by atoms with Crippen molar-refractivity contribution in [3.8, 4) is 0 Å². The van der Waals surface area contributed by atoms with Crippen LogP contribution in [-0.2, 0) is 4.79 Å². The van der Waals surface area contributed by atoms with Crippen LogP contribution < -0.4 is 5.32 Å². The van der Waals surface area contributed by atoms with Gasteiger partial charge in [-0.25, -0.2) is 0 Å². The van der Waals surface area contributed by atoms with Crippen LogP contribution in [0.25, 0.3) is 0 Å². The van der Waals surface area contributed by atoms with E-state index in [0.717, 1.165) is 38.8 Å². The third-order valence-electron chi connectivity index (χ3n) is 6.30. The Bertz CT molecular complexity index is 329. The number of Topliss-reactive ketones (excluding diaryl/α,β-unsaturated/α-hetero) is 1. The highest BCUT2D eigenvalue weighted by molar-refractivity contribution is 5.78. The van der Waals surface area contributed by atoms with E-state index in [1.54, 1.807) is 0 Å². The molecule has 0 aromatic rings. The summed E-state index contributed by atoms with van der Waals surface area (Å²) in [7, 11) is 0. The average Bonchev–Trinajstić information content (AvgIpc) is 2.75. The average molecular weight is 424 g/mol. The van der Waals surface area contributed by atoms with Gasteiger partial charge in [0.1, 0.15) is 5.78 Å². The van der Waals surface area contributed by atoms with Crippen molar-refractivity contribution in [3.05, 3.63) is 0 Å². The number of carbonyl (C=O) groups is 1. The smallest absolute Gasteiger partial charge is 0.132 e. The largest absolute Gasteiger partial charge is 0.317 e. The number of nitrogens with one attached hydrogen (secondary N) is 1. The Hall–Kier alpha value is -0.370. The van der Waals surface area contributed by atoms with Crippen molar-refractivity contribution < 1.29 is 4.79 Å². The van der Waals surface area contributed by atoms with Gasteiger partial charge in [-0.15, -0.1) is 0 Å². The second kappa shape index (κ2) is 26.7. The van der Waals surface area contributed by atoms with E-state index in [4.69, 9.17) is 0 Å². The van der Waals surface area contributed by atoms with E-state index in [1.165, 1.54) is 122 Å². The molecule has 180 valence electrons. The summed E-state index contributed by atoms with van der Waals surface area (Å²) in [6.45, 7) is 6.55. The summed E-state index contributed by atoms with van der Waals surface area (Å²) in [5.41, 5.74) is 0. The van der Waals surface area contributed by atoms with Crippen LogP contribution in [0.3, 0.4) is 0 Å². The third kappa shape index (κ3) is 25.7. The van der Waals surface area contributed by atoms with Gasteiger partial charge in [0.25, 0.3) is 0 Å². The molecule has 0 fully saturated rings. The van der Waals surface area contributed by atoms with E-state index in [0.29, 0.717) is 5.78 Å². The molecule has 30 heavy (non-hydrogen) atoms. The first-order valence-corrected chi connectivity index (χ1v) is 14.0. The maximum Gasteiger partial charge on any atom is 0.132 e. The lowest BCUT2D eigenvalue weighted by Gasteiger charge is -2.04. The van der Waals surface area contributed by atoms with Gasteiger partial charge in [-0.05, 0) is 32.4 Å². The molecule has 0 saturated carbocycles. The summed E-state index contributed by atoms with van der Waals surface area (Å²) < 4.78 is 0. The van der Waals surface area contributed by atoms with Crippen LogP contribution in [-0.4, -0.2) is 18.9 Å². The fourth-order valence-electron chi connectivity index (χ4n) is 4.24. The Kier molecular flexibility index (Phi) is 26.3. The quantitative estimate of drug-likeness (QED) is 0.140. The summed E-state index contributed by atoms with van der Waals surface area (Å²) in [6, 6.07) is 0. The molecule has 0 aliphatic rings. The van der Waals surface area contributed by atoms with Crippen LogP contribution >= 0.6 is 0 Å². The molecule has 0 amide bonds. The number of carbonyl (C=O) groups excluding carboxylic acids is 1. The normalized spacial score (nSPS) is 11.3. The van der Waals surface area contributed by atoms with Gasteiger partial charge in [0.15, 0.2) is 0 Å². The minimum Gasteiger partial charge on any atom is -0.317 e. The molecular weight excluding hydrogens is 366 g/mol. The SMILES string of the molecule is CCCCCCCCCCCCCCCCCCCCCC(=O)CCCNCCC. The molecule has 0 radical (unpaired) electrons. The van der Waals surface area contributed by atoms with E-state index >= 15 is 0 Å². The molecule has 0 aliphatic heterocycles. The minimum atomic E-state index is 0.472. The zero-order valence-electron chi connectivity index (χ0n) is 21.1. The Morgan fingerprint density at radius 2 is 0.800 bits per heavy atom. The summed E-state index contributed by atoms with van der Waals surface area (Å²) in [5.74, 6) is 0.472. The molecule has 0 atom stereocenters. The third-order valence-corrected chi connectivity index (χ3v) is 6.30. The van der Waals surface area contributed by atoms with Crippen LogP contribution in [0.4, 0.5) is 0 Å². The van der Waals surface area contributed by atoms with Gasteiger partial charge in [-0.1, -0.05) is 129 Å². The molecule has 2 nitrogen and oxygen atoms in total. The number of rotatable bonds is 26. The molecule has 2 heteroatoms. The molecule has 1 N–H and O–H groups in total. The molecule has 0 rings (SSSR count). The van der Waals surface area contributed by atoms with Crippen molar-refractivity contribution in [1.82, 2.24) is 5.32 Å². The van der Waals surface area contributed by atoms with Gasteiger partial charge in [0.05, 0.1) is 0 Å². The van der Waals surface area contributed by atoms with Crippen LogP contribution in [0.2, 0.25) is 0 Å². The van der Waals surface area contributed by atoms with Crippen molar-refractivity contribution in [2.24, 2.45) is 0 Å². The highest BCUT2D eigenvalue weighted by Gasteiger charge is 2.01. The van der Waals surface area contributed by atoms with Crippen LogP contribution in [0.1, 0.15) is 162 Å². The lowest BCUT2D eigenvalue weighted by molar-refractivity contribution is -0.119. The van der Waals surface area contributed by atoms with Crippen LogP contribution in [0, 0.1) is 0 Å². The van der Waals surface area contributed by atoms with Crippen molar-refractivity contribution in [3.63, 3.8) is 0 Å². The first-order valence-electron chi connectivity index (χ1n) is 14.0. The van der Waals surface area contributed by atoms with Gasteiger partial charge >= 0.3 is 0 Å². The van der Waals surface area contributed by atoms with Crippen LogP contribution in [0.5, 0.6) is 0 Å². The zero-order valence-corrected chi connectivity index (χ0v) is 21.1. The molecular formula is C28H57NO. The number of unbranched alkanes of at least 4 members (excludes halogenated alkanes) is 18. The molecule has 0 spiro atoms. The molecule has 0 saturated heterocycles. The predicted molar refractivity (Wildman–Crippen MR) is 135 cm³/mol. The first kappa shape index (κ1) is 29.6. The van der Waals surface area contributed by atoms with E-state index in [1.807, 2.05) is 0 Å². The molecule has 0 aromatic carbocycles. The molecule has 0 aliphatic carbocycles. The van der Waals surface area contributed by atoms with E-state index in [-0.39, 0.29) is 0 Å². The Balaban J connectivity index is 3.08.